The highest BCUT2D eigenvalue weighted by Crippen LogP contribution is 2.49. The number of nitrogens with one attached hydrogen (secondary N) is 2. The summed E-state index contributed by atoms with van der Waals surface area (Å²) in [5.74, 6) is -4.78. The van der Waals surface area contributed by atoms with Crippen molar-refractivity contribution in [3.05, 3.63) is 70.0 Å². The van der Waals surface area contributed by atoms with Gasteiger partial charge in [0.1, 0.15) is 5.82 Å². The Morgan fingerprint density at radius 3 is 2.53 bits per heavy atom. The zero-order valence-corrected chi connectivity index (χ0v) is 21.2. The summed E-state index contributed by atoms with van der Waals surface area (Å²) in [5, 5.41) is 24.6. The number of aliphatic hydroxyl groups is 2. The first-order chi connectivity index (χ1) is 16.8. The molecule has 0 aromatic heterocycles. The number of hydrogen-bond donors (Lipinski definition) is 5. The van der Waals surface area contributed by atoms with Crippen LogP contribution in [0.5, 0.6) is 0 Å². The van der Waals surface area contributed by atoms with Crippen molar-refractivity contribution in [2.24, 2.45) is 11.1 Å². The molecule has 5 atom stereocenters. The van der Waals surface area contributed by atoms with Gasteiger partial charge in [-0.2, -0.15) is 0 Å². The monoisotopic (exact) mass is 527 g/mol. The standard InChI is InChI=1S/C26H33ClF3N3O3/c1-25(2,3)12-20-26(31,17-8-7-14(27)11-19(17)29)21(16-5-4-6-18(28)22(16)30)23(33-20)24(36)32-10-9-15(35)13-34/h4-8,11,15,20-21,23,33-35H,9-10,12-13,31H2,1-3H3,(H,32,36). The van der Waals surface area contributed by atoms with Gasteiger partial charge in [-0.1, -0.05) is 50.6 Å². The first-order valence-corrected chi connectivity index (χ1v) is 12.2. The fraction of sp³-hybridized carbons (Fsp3) is 0.500. The van der Waals surface area contributed by atoms with E-state index >= 15 is 8.78 Å². The lowest BCUT2D eigenvalue weighted by Gasteiger charge is -2.39. The average molecular weight is 528 g/mol. The number of amides is 1. The van der Waals surface area contributed by atoms with Gasteiger partial charge in [-0.25, -0.2) is 13.2 Å². The van der Waals surface area contributed by atoms with Crippen LogP contribution in [-0.2, 0) is 10.3 Å². The molecule has 0 aliphatic carbocycles. The van der Waals surface area contributed by atoms with Gasteiger partial charge >= 0.3 is 0 Å². The van der Waals surface area contributed by atoms with Crippen LogP contribution in [0, 0.1) is 22.9 Å². The minimum absolute atomic E-state index is 0.0216. The predicted octanol–water partition coefficient (Wildman–Crippen LogP) is 3.33. The molecule has 2 aromatic carbocycles. The van der Waals surface area contributed by atoms with Crippen LogP contribution in [0.1, 0.15) is 50.7 Å². The molecule has 198 valence electrons. The van der Waals surface area contributed by atoms with Crippen LogP contribution in [0.25, 0.3) is 0 Å². The zero-order chi connectivity index (χ0) is 26.8. The second-order valence-corrected chi connectivity index (χ2v) is 11.0. The molecule has 36 heavy (non-hydrogen) atoms. The Morgan fingerprint density at radius 2 is 1.92 bits per heavy atom. The highest BCUT2D eigenvalue weighted by molar-refractivity contribution is 6.30. The quantitative estimate of drug-likeness (QED) is 0.362. The van der Waals surface area contributed by atoms with Gasteiger partial charge in [-0.3, -0.25) is 4.79 Å². The largest absolute Gasteiger partial charge is 0.394 e. The van der Waals surface area contributed by atoms with E-state index in [1.54, 1.807) is 0 Å². The van der Waals surface area contributed by atoms with Gasteiger partial charge in [0.25, 0.3) is 0 Å². The minimum Gasteiger partial charge on any atom is -0.394 e. The molecule has 10 heteroatoms. The van der Waals surface area contributed by atoms with Crippen LogP contribution in [0.3, 0.4) is 0 Å². The van der Waals surface area contributed by atoms with E-state index < -0.39 is 59.6 Å². The second-order valence-electron chi connectivity index (χ2n) is 10.6. The van der Waals surface area contributed by atoms with E-state index in [1.807, 2.05) is 20.8 Å². The maximum atomic E-state index is 15.4. The van der Waals surface area contributed by atoms with Crippen molar-refractivity contribution >= 4 is 17.5 Å². The van der Waals surface area contributed by atoms with Gasteiger partial charge in [0.15, 0.2) is 11.6 Å². The number of carbonyl (C=O) groups excluding carboxylic acids is 1. The number of benzene rings is 2. The zero-order valence-electron chi connectivity index (χ0n) is 20.5. The number of carbonyl (C=O) groups is 1. The molecule has 6 N–H and O–H groups in total. The summed E-state index contributed by atoms with van der Waals surface area (Å²) < 4.78 is 45.0. The second kappa shape index (κ2) is 11.1. The van der Waals surface area contributed by atoms with Crippen molar-refractivity contribution in [1.82, 2.24) is 10.6 Å². The molecule has 1 amide bonds. The summed E-state index contributed by atoms with van der Waals surface area (Å²) >= 11 is 5.98. The van der Waals surface area contributed by atoms with Crippen LogP contribution in [-0.4, -0.2) is 47.5 Å². The van der Waals surface area contributed by atoms with Gasteiger partial charge < -0.3 is 26.6 Å². The van der Waals surface area contributed by atoms with Crippen LogP contribution >= 0.6 is 11.6 Å². The van der Waals surface area contributed by atoms with E-state index in [1.165, 1.54) is 24.3 Å². The lowest BCUT2D eigenvalue weighted by Crippen LogP contribution is -2.52. The summed E-state index contributed by atoms with van der Waals surface area (Å²) in [5.41, 5.74) is 4.89. The highest BCUT2D eigenvalue weighted by atomic mass is 35.5. The average Bonchev–Trinajstić information content (AvgIpc) is 3.06. The summed E-state index contributed by atoms with van der Waals surface area (Å²) in [6.45, 7) is 5.41. The molecule has 1 heterocycles. The van der Waals surface area contributed by atoms with Crippen LogP contribution in [0.15, 0.2) is 36.4 Å². The molecule has 3 rings (SSSR count). The van der Waals surface area contributed by atoms with E-state index in [0.717, 1.165) is 12.1 Å². The third-order valence-electron chi connectivity index (χ3n) is 6.61. The topological polar surface area (TPSA) is 108 Å². The Hall–Kier alpha value is -2.17. The predicted molar refractivity (Wildman–Crippen MR) is 132 cm³/mol. The normalized spacial score (nSPS) is 25.1. The van der Waals surface area contributed by atoms with E-state index in [0.29, 0.717) is 6.42 Å². The summed E-state index contributed by atoms with van der Waals surface area (Å²) in [6.07, 6.45) is -0.561. The molecule has 0 bridgehead atoms. The number of rotatable bonds is 8. The molecular weight excluding hydrogens is 495 g/mol. The molecule has 2 aromatic rings. The summed E-state index contributed by atoms with van der Waals surface area (Å²) in [7, 11) is 0. The van der Waals surface area contributed by atoms with Crippen molar-refractivity contribution in [2.75, 3.05) is 13.2 Å². The Morgan fingerprint density at radius 1 is 1.22 bits per heavy atom. The van der Waals surface area contributed by atoms with E-state index in [9.17, 15) is 14.3 Å². The van der Waals surface area contributed by atoms with Crippen molar-refractivity contribution in [1.29, 1.82) is 0 Å². The smallest absolute Gasteiger partial charge is 0.237 e. The van der Waals surface area contributed by atoms with Crippen molar-refractivity contribution in [3.8, 4) is 0 Å². The lowest BCUT2D eigenvalue weighted by atomic mass is 9.68. The fourth-order valence-electron chi connectivity index (χ4n) is 4.97. The minimum atomic E-state index is -1.66. The van der Waals surface area contributed by atoms with Crippen LogP contribution in [0.2, 0.25) is 5.02 Å². The molecular formula is C26H33ClF3N3O3. The molecule has 1 aliphatic heterocycles. The van der Waals surface area contributed by atoms with Crippen LogP contribution < -0.4 is 16.4 Å². The maximum absolute atomic E-state index is 15.4. The first-order valence-electron chi connectivity index (χ1n) is 11.8. The highest BCUT2D eigenvalue weighted by Gasteiger charge is 2.58. The van der Waals surface area contributed by atoms with Gasteiger partial charge in [0.05, 0.1) is 24.3 Å². The third kappa shape index (κ3) is 5.86. The third-order valence-corrected chi connectivity index (χ3v) is 6.84. The molecule has 0 spiro atoms. The molecule has 6 nitrogen and oxygen atoms in total. The summed E-state index contributed by atoms with van der Waals surface area (Å²) in [4.78, 5) is 13.4. The van der Waals surface area contributed by atoms with Crippen molar-refractivity contribution < 1.29 is 28.2 Å². The molecule has 1 fully saturated rings. The van der Waals surface area contributed by atoms with Gasteiger partial charge in [0, 0.05) is 29.1 Å². The number of hydrogen-bond acceptors (Lipinski definition) is 5. The molecule has 0 radical (unpaired) electrons. The van der Waals surface area contributed by atoms with Gasteiger partial charge in [0.2, 0.25) is 5.91 Å². The summed E-state index contributed by atoms with van der Waals surface area (Å²) in [6, 6.07) is 5.73. The molecule has 1 saturated heterocycles. The lowest BCUT2D eigenvalue weighted by molar-refractivity contribution is -0.123. The van der Waals surface area contributed by atoms with Gasteiger partial charge in [-0.15, -0.1) is 0 Å². The maximum Gasteiger partial charge on any atom is 0.237 e. The Labute approximate surface area is 214 Å². The van der Waals surface area contributed by atoms with E-state index in [-0.39, 0.29) is 34.5 Å². The Kier molecular flexibility index (Phi) is 8.73. The number of halogens is 4. The van der Waals surface area contributed by atoms with Crippen molar-refractivity contribution in [2.45, 2.75) is 63.3 Å². The van der Waals surface area contributed by atoms with Crippen molar-refractivity contribution in [3.63, 3.8) is 0 Å². The molecule has 0 saturated carbocycles. The number of aliphatic hydroxyl groups excluding tert-OH is 2. The number of nitrogens with two attached hydrogens (primary N) is 1. The molecule has 1 aliphatic rings. The Bertz CT molecular complexity index is 1100. The van der Waals surface area contributed by atoms with E-state index in [4.69, 9.17) is 22.4 Å². The van der Waals surface area contributed by atoms with Crippen LogP contribution in [0.4, 0.5) is 13.2 Å². The Balaban J connectivity index is 2.17. The van der Waals surface area contributed by atoms with E-state index in [2.05, 4.69) is 10.6 Å². The van der Waals surface area contributed by atoms with Gasteiger partial charge in [-0.05, 0) is 42.0 Å². The molecule has 5 unspecified atom stereocenters. The fourth-order valence-corrected chi connectivity index (χ4v) is 5.13. The SMILES string of the molecule is CC(C)(C)CC1NC(C(=O)NCCC(O)CO)C(c2cccc(F)c2F)C1(N)c1ccc(Cl)cc1F. The first kappa shape index (κ1) is 28.4.